The van der Waals surface area contributed by atoms with Crippen molar-refractivity contribution in [1.29, 1.82) is 0 Å². The zero-order valence-corrected chi connectivity index (χ0v) is 9.67. The molecule has 0 aliphatic heterocycles. The predicted octanol–water partition coefficient (Wildman–Crippen LogP) is 2.38. The summed E-state index contributed by atoms with van der Waals surface area (Å²) < 4.78 is 27.3. The molecule has 0 spiro atoms. The summed E-state index contributed by atoms with van der Waals surface area (Å²) in [7, 11) is 0. The van der Waals surface area contributed by atoms with Crippen LogP contribution in [-0.2, 0) is 0 Å². The molecule has 19 heavy (non-hydrogen) atoms. The zero-order valence-electron chi connectivity index (χ0n) is 9.67. The molecule has 2 N–H and O–H groups in total. The summed E-state index contributed by atoms with van der Waals surface area (Å²) >= 11 is 0. The maximum absolute atomic E-state index is 13.8. The van der Waals surface area contributed by atoms with Crippen molar-refractivity contribution in [3.05, 3.63) is 45.2 Å². The number of pyridine rings is 1. The molecule has 1 heterocycles. The van der Waals surface area contributed by atoms with Crippen LogP contribution < -0.4 is 5.43 Å². The number of fused-ring (bicyclic) bond motifs is 1. The summed E-state index contributed by atoms with van der Waals surface area (Å²) in [5.74, 6) is -3.60. The van der Waals surface area contributed by atoms with E-state index in [0.29, 0.717) is 0 Å². The Morgan fingerprint density at radius 2 is 2.05 bits per heavy atom. The fraction of sp³-hybridized carbons (Fsp3) is 0.231. The molecule has 1 aromatic carbocycles. The lowest BCUT2D eigenvalue weighted by atomic mass is 10.0. The molecular weight excluding hydrogens is 256 g/mol. The van der Waals surface area contributed by atoms with Crippen LogP contribution in [0.25, 0.3) is 10.9 Å². The van der Waals surface area contributed by atoms with Gasteiger partial charge in [0, 0.05) is 17.1 Å². The van der Waals surface area contributed by atoms with E-state index in [1.807, 2.05) is 0 Å². The van der Waals surface area contributed by atoms with E-state index in [9.17, 15) is 18.4 Å². The molecule has 1 aromatic heterocycles. The Bertz CT molecular complexity index is 763. The summed E-state index contributed by atoms with van der Waals surface area (Å²) in [5, 5.41) is 8.73. The first-order valence-electron chi connectivity index (χ1n) is 5.77. The minimum Gasteiger partial charge on any atom is -0.477 e. The molecule has 1 aliphatic rings. The molecule has 4 nitrogen and oxygen atoms in total. The monoisotopic (exact) mass is 265 g/mol. The van der Waals surface area contributed by atoms with Gasteiger partial charge in [-0.3, -0.25) is 4.79 Å². The highest BCUT2D eigenvalue weighted by atomic mass is 19.2. The van der Waals surface area contributed by atoms with Crippen LogP contribution in [0.4, 0.5) is 8.78 Å². The van der Waals surface area contributed by atoms with Crippen LogP contribution in [0, 0.1) is 11.6 Å². The SMILES string of the molecule is O=C(O)c1c[nH]c2c(C3CC3)c(F)c(F)cc2c1=O. The number of hydrogen-bond donors (Lipinski definition) is 2. The lowest BCUT2D eigenvalue weighted by molar-refractivity contribution is 0.0695. The Hall–Kier alpha value is -2.24. The number of hydrogen-bond acceptors (Lipinski definition) is 2. The second-order valence-electron chi connectivity index (χ2n) is 4.62. The average molecular weight is 265 g/mol. The largest absolute Gasteiger partial charge is 0.477 e. The first-order valence-corrected chi connectivity index (χ1v) is 5.77. The van der Waals surface area contributed by atoms with E-state index < -0.39 is 28.6 Å². The van der Waals surface area contributed by atoms with Gasteiger partial charge in [0.15, 0.2) is 11.6 Å². The van der Waals surface area contributed by atoms with Gasteiger partial charge in [-0.05, 0) is 24.8 Å². The Balaban J connectivity index is 2.43. The van der Waals surface area contributed by atoms with Crippen molar-refractivity contribution in [1.82, 2.24) is 4.98 Å². The van der Waals surface area contributed by atoms with Gasteiger partial charge in [-0.25, -0.2) is 13.6 Å². The molecule has 0 radical (unpaired) electrons. The van der Waals surface area contributed by atoms with Gasteiger partial charge in [-0.1, -0.05) is 0 Å². The number of H-pyrrole nitrogens is 1. The van der Waals surface area contributed by atoms with Gasteiger partial charge < -0.3 is 10.1 Å². The third kappa shape index (κ3) is 1.71. The molecule has 98 valence electrons. The van der Waals surface area contributed by atoms with Crippen molar-refractivity contribution in [2.24, 2.45) is 0 Å². The normalized spacial score (nSPS) is 14.8. The minimum atomic E-state index is -1.40. The fourth-order valence-electron chi connectivity index (χ4n) is 2.25. The summed E-state index contributed by atoms with van der Waals surface area (Å²) in [6.45, 7) is 0. The maximum Gasteiger partial charge on any atom is 0.341 e. The van der Waals surface area contributed by atoms with E-state index in [2.05, 4.69) is 4.98 Å². The summed E-state index contributed by atoms with van der Waals surface area (Å²) in [5.41, 5.74) is -0.956. The van der Waals surface area contributed by atoms with E-state index in [0.717, 1.165) is 25.1 Å². The number of aromatic carboxylic acids is 1. The smallest absolute Gasteiger partial charge is 0.341 e. The van der Waals surface area contributed by atoms with Crippen LogP contribution in [0.1, 0.15) is 34.7 Å². The average Bonchev–Trinajstić information content (AvgIpc) is 3.16. The van der Waals surface area contributed by atoms with Crippen LogP contribution in [0.3, 0.4) is 0 Å². The Labute approximate surface area is 105 Å². The molecule has 0 atom stereocenters. The van der Waals surface area contributed by atoms with Crippen molar-refractivity contribution in [2.75, 3.05) is 0 Å². The van der Waals surface area contributed by atoms with Gasteiger partial charge >= 0.3 is 5.97 Å². The lowest BCUT2D eigenvalue weighted by Gasteiger charge is -2.08. The first-order chi connectivity index (χ1) is 9.00. The number of benzene rings is 1. The molecule has 0 amide bonds. The van der Waals surface area contributed by atoms with Gasteiger partial charge in [-0.15, -0.1) is 0 Å². The highest BCUT2D eigenvalue weighted by molar-refractivity contribution is 5.93. The lowest BCUT2D eigenvalue weighted by Crippen LogP contribution is -2.16. The molecule has 0 unspecified atom stereocenters. The third-order valence-electron chi connectivity index (χ3n) is 3.32. The highest BCUT2D eigenvalue weighted by Crippen LogP contribution is 2.44. The molecule has 1 fully saturated rings. The molecule has 2 aromatic rings. The van der Waals surface area contributed by atoms with E-state index in [1.54, 1.807) is 0 Å². The number of nitrogens with one attached hydrogen (secondary N) is 1. The van der Waals surface area contributed by atoms with Crippen LogP contribution in [0.2, 0.25) is 0 Å². The highest BCUT2D eigenvalue weighted by Gasteiger charge is 2.31. The standard InChI is InChI=1S/C13H9F2NO3/c14-8-3-6-11(9(10(8)15)5-1-2-5)16-4-7(12(6)17)13(18)19/h3-5H,1-2H2,(H,16,17)(H,18,19). The van der Waals surface area contributed by atoms with E-state index in [-0.39, 0.29) is 22.4 Å². The van der Waals surface area contributed by atoms with Crippen molar-refractivity contribution >= 4 is 16.9 Å². The van der Waals surface area contributed by atoms with E-state index in [4.69, 9.17) is 5.11 Å². The van der Waals surface area contributed by atoms with Crippen molar-refractivity contribution < 1.29 is 18.7 Å². The van der Waals surface area contributed by atoms with E-state index >= 15 is 0 Å². The van der Waals surface area contributed by atoms with Gasteiger partial charge in [-0.2, -0.15) is 0 Å². The Morgan fingerprint density at radius 1 is 1.37 bits per heavy atom. The number of halogens is 2. The van der Waals surface area contributed by atoms with Crippen LogP contribution in [0.5, 0.6) is 0 Å². The molecular formula is C13H9F2NO3. The third-order valence-corrected chi connectivity index (χ3v) is 3.32. The van der Waals surface area contributed by atoms with Crippen LogP contribution >= 0.6 is 0 Å². The van der Waals surface area contributed by atoms with Crippen molar-refractivity contribution in [3.63, 3.8) is 0 Å². The van der Waals surface area contributed by atoms with Gasteiger partial charge in [0.05, 0.1) is 5.52 Å². The summed E-state index contributed by atoms with van der Waals surface area (Å²) in [6, 6.07) is 0.752. The van der Waals surface area contributed by atoms with Gasteiger partial charge in [0.1, 0.15) is 5.56 Å². The maximum atomic E-state index is 13.8. The summed E-state index contributed by atoms with van der Waals surface area (Å²) in [6.07, 6.45) is 2.49. The number of aromatic amines is 1. The number of rotatable bonds is 2. The van der Waals surface area contributed by atoms with Crippen molar-refractivity contribution in [3.8, 4) is 0 Å². The number of carboxylic acids is 1. The van der Waals surface area contributed by atoms with Gasteiger partial charge in [0.25, 0.3) is 0 Å². The Morgan fingerprint density at radius 3 is 2.63 bits per heavy atom. The van der Waals surface area contributed by atoms with Crippen LogP contribution in [0.15, 0.2) is 17.1 Å². The van der Waals surface area contributed by atoms with E-state index in [1.165, 1.54) is 0 Å². The zero-order chi connectivity index (χ0) is 13.7. The van der Waals surface area contributed by atoms with Crippen LogP contribution in [-0.4, -0.2) is 16.1 Å². The predicted molar refractivity (Wildman–Crippen MR) is 63.4 cm³/mol. The Kier molecular flexibility index (Phi) is 2.41. The molecule has 0 bridgehead atoms. The second-order valence-corrected chi connectivity index (χ2v) is 4.62. The molecule has 1 aliphatic carbocycles. The fourth-order valence-corrected chi connectivity index (χ4v) is 2.25. The number of aromatic nitrogens is 1. The quantitative estimate of drug-likeness (QED) is 0.875. The molecule has 6 heteroatoms. The second kappa shape index (κ2) is 3.88. The topological polar surface area (TPSA) is 70.2 Å². The molecule has 3 rings (SSSR count). The number of carboxylic acid groups (broad SMARTS) is 1. The number of carbonyl (C=O) groups is 1. The summed E-state index contributed by atoms with van der Waals surface area (Å²) in [4.78, 5) is 25.4. The molecule has 0 saturated heterocycles. The minimum absolute atomic E-state index is 0.107. The first kappa shape index (κ1) is 11.8. The van der Waals surface area contributed by atoms with Crippen molar-refractivity contribution in [2.45, 2.75) is 18.8 Å². The molecule has 1 saturated carbocycles. The van der Waals surface area contributed by atoms with Gasteiger partial charge in [0.2, 0.25) is 5.43 Å².